The summed E-state index contributed by atoms with van der Waals surface area (Å²) in [6, 6.07) is 0. The van der Waals surface area contributed by atoms with Crippen molar-refractivity contribution in [2.75, 3.05) is 0 Å². The van der Waals surface area contributed by atoms with E-state index in [-0.39, 0.29) is 31.0 Å². The molecule has 16 heavy (non-hydrogen) atoms. The van der Waals surface area contributed by atoms with Crippen LogP contribution in [0.2, 0.25) is 0 Å². The first-order valence-electron chi connectivity index (χ1n) is 4.86. The van der Waals surface area contributed by atoms with Crippen LogP contribution in [0, 0.1) is 16.2 Å². The first-order valence-corrected chi connectivity index (χ1v) is 4.86. The van der Waals surface area contributed by atoms with Gasteiger partial charge in [-0.3, -0.25) is 9.59 Å². The van der Waals surface area contributed by atoms with Gasteiger partial charge in [0.2, 0.25) is 0 Å². The molecule has 0 heterocycles. The zero-order valence-corrected chi connectivity index (χ0v) is 13.2. The molecule has 0 aliphatic rings. The number of hydrogen-bond donors (Lipinski definition) is 2. The number of carboxylic acids is 2. The smallest absolute Gasteiger partial charge is 1.00 e. The Bertz CT molecular complexity index is 259. The minimum absolute atomic E-state index is 0. The molecule has 0 saturated carbocycles. The molecule has 0 aliphatic carbocycles. The number of carboxylic acid groups (broad SMARTS) is 2. The Balaban J connectivity index is -0.000000980. The van der Waals surface area contributed by atoms with Gasteiger partial charge >= 0.3 is 41.5 Å². The second-order valence-corrected chi connectivity index (χ2v) is 5.86. The third-order valence-electron chi connectivity index (χ3n) is 2.89. The zero-order chi connectivity index (χ0) is 12.7. The molecule has 0 bridgehead atoms. The molecule has 0 aromatic carbocycles. The van der Waals surface area contributed by atoms with Gasteiger partial charge in [0.15, 0.2) is 5.41 Å². The second-order valence-electron chi connectivity index (χ2n) is 5.86. The Hall–Kier alpha value is -0.0600. The van der Waals surface area contributed by atoms with Crippen molar-refractivity contribution in [3.05, 3.63) is 0 Å². The molecule has 90 valence electrons. The minimum atomic E-state index is -1.79. The molecule has 0 aromatic rings. The van der Waals surface area contributed by atoms with Crippen LogP contribution in [0.3, 0.4) is 0 Å². The fourth-order valence-corrected chi connectivity index (χ4v) is 2.50. The van der Waals surface area contributed by atoms with Gasteiger partial charge in [-0.25, -0.2) is 0 Å². The van der Waals surface area contributed by atoms with E-state index in [1.807, 2.05) is 0 Å². The van der Waals surface area contributed by atoms with Gasteiger partial charge in [-0.1, -0.05) is 41.5 Å². The summed E-state index contributed by atoms with van der Waals surface area (Å²) in [5.74, 6) is -2.56. The van der Waals surface area contributed by atoms with E-state index in [2.05, 4.69) is 0 Å². The van der Waals surface area contributed by atoms with E-state index in [9.17, 15) is 19.8 Å². The number of hydrogen-bond acceptors (Lipinski definition) is 2. The van der Waals surface area contributed by atoms with Crippen LogP contribution in [0.4, 0.5) is 0 Å². The standard InChI is InChI=1S/C11H20O4.Na.H/c1-9(2,3)11(7(12)13,8(14)15)10(4,5)6;;/h1-6H3,(H,12,13)(H,14,15);;/q;+1;-1. The summed E-state index contributed by atoms with van der Waals surface area (Å²) in [6.07, 6.45) is 0. The van der Waals surface area contributed by atoms with Crippen molar-refractivity contribution in [3.8, 4) is 0 Å². The molecular formula is C11H21NaO4. The maximum atomic E-state index is 11.4. The molecule has 0 aliphatic heterocycles. The molecule has 0 aromatic heterocycles. The topological polar surface area (TPSA) is 74.6 Å². The normalized spacial score (nSPS) is 12.9. The molecule has 0 amide bonds. The van der Waals surface area contributed by atoms with Gasteiger partial charge in [0.1, 0.15) is 0 Å². The number of rotatable bonds is 2. The van der Waals surface area contributed by atoms with Crippen LogP contribution < -0.4 is 29.6 Å². The number of aliphatic carboxylic acids is 2. The molecular weight excluding hydrogens is 219 g/mol. The molecule has 0 atom stereocenters. The Morgan fingerprint density at radius 1 is 0.812 bits per heavy atom. The van der Waals surface area contributed by atoms with Crippen molar-refractivity contribution >= 4 is 11.9 Å². The first-order chi connectivity index (χ1) is 6.39. The minimum Gasteiger partial charge on any atom is -1.00 e. The molecule has 0 rings (SSSR count). The predicted octanol–water partition coefficient (Wildman–Crippen LogP) is -0.649. The molecule has 5 heteroatoms. The molecule has 4 nitrogen and oxygen atoms in total. The summed E-state index contributed by atoms with van der Waals surface area (Å²) in [6.45, 7) is 9.84. The quantitative estimate of drug-likeness (QED) is 0.497. The Kier molecular flexibility index (Phi) is 5.80. The third-order valence-corrected chi connectivity index (χ3v) is 2.89. The van der Waals surface area contributed by atoms with Gasteiger partial charge in [-0.15, -0.1) is 0 Å². The van der Waals surface area contributed by atoms with Crippen molar-refractivity contribution in [2.24, 2.45) is 16.2 Å². The van der Waals surface area contributed by atoms with Gasteiger partial charge in [0, 0.05) is 0 Å². The molecule has 2 N–H and O–H groups in total. The van der Waals surface area contributed by atoms with E-state index in [0.717, 1.165) is 0 Å². The molecule has 0 unspecified atom stereocenters. The van der Waals surface area contributed by atoms with E-state index in [1.165, 1.54) is 0 Å². The second kappa shape index (κ2) is 5.07. The Morgan fingerprint density at radius 3 is 1.00 bits per heavy atom. The Labute approximate surface area is 120 Å². The zero-order valence-electron chi connectivity index (χ0n) is 12.2. The van der Waals surface area contributed by atoms with Gasteiger partial charge in [0.25, 0.3) is 0 Å². The summed E-state index contributed by atoms with van der Waals surface area (Å²) in [5, 5.41) is 18.6. The van der Waals surface area contributed by atoms with Crippen molar-refractivity contribution in [1.29, 1.82) is 0 Å². The van der Waals surface area contributed by atoms with E-state index >= 15 is 0 Å². The first kappa shape index (κ1) is 18.3. The van der Waals surface area contributed by atoms with Crippen LogP contribution in [0.15, 0.2) is 0 Å². The van der Waals surface area contributed by atoms with Gasteiger partial charge in [-0.05, 0) is 10.8 Å². The van der Waals surface area contributed by atoms with E-state index in [0.29, 0.717) is 0 Å². The van der Waals surface area contributed by atoms with Crippen LogP contribution in [-0.2, 0) is 9.59 Å². The largest absolute Gasteiger partial charge is 1.00 e. The third kappa shape index (κ3) is 2.60. The molecule has 0 fully saturated rings. The number of carbonyl (C=O) groups is 2. The van der Waals surface area contributed by atoms with Gasteiger partial charge in [0.05, 0.1) is 0 Å². The monoisotopic (exact) mass is 240 g/mol. The Morgan fingerprint density at radius 2 is 1.00 bits per heavy atom. The fourth-order valence-electron chi connectivity index (χ4n) is 2.50. The average molecular weight is 240 g/mol. The van der Waals surface area contributed by atoms with E-state index in [1.54, 1.807) is 41.5 Å². The van der Waals surface area contributed by atoms with E-state index < -0.39 is 28.2 Å². The maximum Gasteiger partial charge on any atom is 1.00 e. The van der Waals surface area contributed by atoms with Crippen LogP contribution in [-0.4, -0.2) is 22.2 Å². The van der Waals surface area contributed by atoms with E-state index in [4.69, 9.17) is 0 Å². The van der Waals surface area contributed by atoms with Crippen molar-refractivity contribution < 1.29 is 50.8 Å². The summed E-state index contributed by atoms with van der Waals surface area (Å²) in [7, 11) is 0. The van der Waals surface area contributed by atoms with Crippen molar-refractivity contribution in [3.63, 3.8) is 0 Å². The maximum absolute atomic E-state index is 11.4. The van der Waals surface area contributed by atoms with Crippen LogP contribution >= 0.6 is 0 Å². The van der Waals surface area contributed by atoms with Crippen LogP contribution in [0.25, 0.3) is 0 Å². The van der Waals surface area contributed by atoms with Crippen molar-refractivity contribution in [1.82, 2.24) is 0 Å². The molecule has 0 spiro atoms. The molecule has 0 saturated heterocycles. The van der Waals surface area contributed by atoms with Gasteiger partial charge < -0.3 is 11.6 Å². The van der Waals surface area contributed by atoms with Crippen molar-refractivity contribution in [2.45, 2.75) is 41.5 Å². The predicted molar refractivity (Wildman–Crippen MR) is 57.7 cm³/mol. The summed E-state index contributed by atoms with van der Waals surface area (Å²) >= 11 is 0. The molecule has 0 radical (unpaired) electrons. The summed E-state index contributed by atoms with van der Waals surface area (Å²) in [5.41, 5.74) is -3.51. The van der Waals surface area contributed by atoms with Crippen LogP contribution in [0.5, 0.6) is 0 Å². The summed E-state index contributed by atoms with van der Waals surface area (Å²) in [4.78, 5) is 22.8. The summed E-state index contributed by atoms with van der Waals surface area (Å²) < 4.78 is 0. The van der Waals surface area contributed by atoms with Crippen LogP contribution in [0.1, 0.15) is 43.0 Å². The SMILES string of the molecule is CC(C)(C)C(C(=O)O)(C(=O)O)C(C)(C)C.[H-].[Na+]. The fraction of sp³-hybridized carbons (Fsp3) is 0.818. The average Bonchev–Trinajstić information content (AvgIpc) is 1.75. The van der Waals surface area contributed by atoms with Gasteiger partial charge in [-0.2, -0.15) is 0 Å².